The van der Waals surface area contributed by atoms with Crippen molar-refractivity contribution < 1.29 is 19.4 Å². The maximum Gasteiger partial charge on any atom is 0.321 e. The van der Waals surface area contributed by atoms with Crippen molar-refractivity contribution in [1.29, 1.82) is 0 Å². The van der Waals surface area contributed by atoms with E-state index in [1.165, 1.54) is 0 Å². The molecular formula is C19H22ClN3O4. The molecular weight excluding hydrogens is 370 g/mol. The number of hydrogen-bond donors (Lipinski definition) is 4. The Morgan fingerprint density at radius 1 is 1.07 bits per heavy atom. The Kier molecular flexibility index (Phi) is 7.91. The predicted molar refractivity (Wildman–Crippen MR) is 106 cm³/mol. The summed E-state index contributed by atoms with van der Waals surface area (Å²) in [5.41, 5.74) is 1.26. The van der Waals surface area contributed by atoms with E-state index in [9.17, 15) is 14.7 Å². The summed E-state index contributed by atoms with van der Waals surface area (Å²) in [5.74, 6) is -0.825. The molecule has 0 radical (unpaired) electrons. The second-order valence-corrected chi connectivity index (χ2v) is 6.11. The third-order valence-electron chi connectivity index (χ3n) is 3.77. The number of carboxylic acids is 1. The fourth-order valence-electron chi connectivity index (χ4n) is 2.43. The lowest BCUT2D eigenvalue weighted by molar-refractivity contribution is -0.141. The van der Waals surface area contributed by atoms with Gasteiger partial charge in [0.25, 0.3) is 0 Å². The quantitative estimate of drug-likeness (QED) is 0.465. The topological polar surface area (TPSA) is 99.7 Å². The van der Waals surface area contributed by atoms with Crippen LogP contribution in [0.3, 0.4) is 0 Å². The van der Waals surface area contributed by atoms with Crippen molar-refractivity contribution in [3.05, 3.63) is 53.6 Å². The molecule has 0 saturated carbocycles. The zero-order valence-electron chi connectivity index (χ0n) is 14.9. The molecule has 2 aromatic carbocycles. The molecule has 0 aliphatic heterocycles. The van der Waals surface area contributed by atoms with E-state index < -0.39 is 17.9 Å². The molecule has 144 valence electrons. The molecule has 4 N–H and O–H groups in total. The van der Waals surface area contributed by atoms with Crippen LogP contribution in [0.5, 0.6) is 5.75 Å². The number of ether oxygens (including phenoxy) is 1. The van der Waals surface area contributed by atoms with Gasteiger partial charge in [-0.1, -0.05) is 35.9 Å². The summed E-state index contributed by atoms with van der Waals surface area (Å²) in [6.07, 6.45) is -0.213. The van der Waals surface area contributed by atoms with Crippen LogP contribution < -0.4 is 20.7 Å². The minimum absolute atomic E-state index is 0.213. The lowest BCUT2D eigenvalue weighted by Gasteiger charge is -2.16. The van der Waals surface area contributed by atoms with Gasteiger partial charge in [0.1, 0.15) is 11.8 Å². The molecule has 0 saturated heterocycles. The maximum atomic E-state index is 12.1. The van der Waals surface area contributed by atoms with Crippen LogP contribution in [0.4, 0.5) is 11.4 Å². The third-order valence-corrected chi connectivity index (χ3v) is 4.10. The smallest absolute Gasteiger partial charge is 0.321 e. The van der Waals surface area contributed by atoms with Crippen molar-refractivity contribution >= 4 is 34.9 Å². The van der Waals surface area contributed by atoms with Gasteiger partial charge in [-0.25, -0.2) is 0 Å². The summed E-state index contributed by atoms with van der Waals surface area (Å²) in [6, 6.07) is 13.2. The van der Waals surface area contributed by atoms with Crippen molar-refractivity contribution in [2.45, 2.75) is 12.5 Å². The molecule has 0 spiro atoms. The zero-order valence-corrected chi connectivity index (χ0v) is 15.6. The molecule has 2 rings (SSSR count). The Balaban J connectivity index is 1.82. The number of hydrogen-bond acceptors (Lipinski definition) is 5. The van der Waals surface area contributed by atoms with Gasteiger partial charge in [-0.3, -0.25) is 9.59 Å². The fourth-order valence-corrected chi connectivity index (χ4v) is 2.61. The number of amides is 1. The number of nitrogens with one attached hydrogen (secondary N) is 3. The minimum Gasteiger partial charge on any atom is -0.495 e. The number of carbonyl (C=O) groups is 2. The molecule has 0 aliphatic rings. The van der Waals surface area contributed by atoms with E-state index in [-0.39, 0.29) is 6.42 Å². The Hall–Kier alpha value is -2.77. The highest BCUT2D eigenvalue weighted by Crippen LogP contribution is 2.22. The van der Waals surface area contributed by atoms with Crippen molar-refractivity contribution in [2.24, 2.45) is 0 Å². The number of carboxylic acid groups (broad SMARTS) is 1. The van der Waals surface area contributed by atoms with Gasteiger partial charge in [0.15, 0.2) is 0 Å². The average molecular weight is 392 g/mol. The molecule has 0 fully saturated rings. The molecule has 1 atom stereocenters. The number of methoxy groups -OCH3 is 1. The number of para-hydroxylation sites is 3. The summed E-state index contributed by atoms with van der Waals surface area (Å²) in [6.45, 7) is 0.824. The second kappa shape index (κ2) is 10.4. The van der Waals surface area contributed by atoms with Gasteiger partial charge >= 0.3 is 5.97 Å². The molecule has 0 aromatic heterocycles. The standard InChI is InChI=1S/C19H22ClN3O4/c1-27-17-9-5-4-8-15(17)21-10-11-22-16(19(25)26)12-18(24)23-14-7-3-2-6-13(14)20/h2-9,16,21-22H,10-12H2,1H3,(H,23,24)(H,25,26). The van der Waals surface area contributed by atoms with Gasteiger partial charge in [-0.05, 0) is 24.3 Å². The molecule has 2 aromatic rings. The number of aliphatic carboxylic acids is 1. The SMILES string of the molecule is COc1ccccc1NCCNC(CC(=O)Nc1ccccc1Cl)C(=O)O. The van der Waals surface area contributed by atoms with Gasteiger partial charge < -0.3 is 25.8 Å². The number of carbonyl (C=O) groups excluding carboxylic acids is 1. The first-order valence-corrected chi connectivity index (χ1v) is 8.76. The van der Waals surface area contributed by atoms with Crippen LogP contribution in [0.15, 0.2) is 48.5 Å². The highest BCUT2D eigenvalue weighted by Gasteiger charge is 2.21. The number of rotatable bonds is 10. The molecule has 8 heteroatoms. The van der Waals surface area contributed by atoms with Gasteiger partial charge in [-0.15, -0.1) is 0 Å². The lowest BCUT2D eigenvalue weighted by atomic mass is 10.2. The Labute approximate surface area is 162 Å². The zero-order chi connectivity index (χ0) is 19.6. The number of anilines is 2. The van der Waals surface area contributed by atoms with Crippen molar-refractivity contribution in [2.75, 3.05) is 30.8 Å². The van der Waals surface area contributed by atoms with Gasteiger partial charge in [0, 0.05) is 13.1 Å². The first kappa shape index (κ1) is 20.5. The average Bonchev–Trinajstić information content (AvgIpc) is 2.66. The monoisotopic (exact) mass is 391 g/mol. The Morgan fingerprint density at radius 2 is 1.74 bits per heavy atom. The normalized spacial score (nSPS) is 11.5. The van der Waals surface area contributed by atoms with Crippen LogP contribution in [0.25, 0.3) is 0 Å². The van der Waals surface area contributed by atoms with E-state index in [4.69, 9.17) is 16.3 Å². The predicted octanol–water partition coefficient (Wildman–Crippen LogP) is 2.83. The van der Waals surface area contributed by atoms with Crippen LogP contribution in [-0.2, 0) is 9.59 Å². The minimum atomic E-state index is -1.10. The van der Waals surface area contributed by atoms with Crippen LogP contribution >= 0.6 is 11.6 Å². The van der Waals surface area contributed by atoms with E-state index in [1.807, 2.05) is 24.3 Å². The van der Waals surface area contributed by atoms with Gasteiger partial charge in [0.05, 0.1) is 29.9 Å². The first-order valence-electron chi connectivity index (χ1n) is 8.38. The van der Waals surface area contributed by atoms with Crippen molar-refractivity contribution in [3.63, 3.8) is 0 Å². The van der Waals surface area contributed by atoms with Crippen molar-refractivity contribution in [1.82, 2.24) is 5.32 Å². The highest BCUT2D eigenvalue weighted by atomic mass is 35.5. The third kappa shape index (κ3) is 6.47. The van der Waals surface area contributed by atoms with E-state index in [0.717, 1.165) is 5.69 Å². The van der Waals surface area contributed by atoms with E-state index in [0.29, 0.717) is 29.5 Å². The van der Waals surface area contributed by atoms with Crippen molar-refractivity contribution in [3.8, 4) is 5.75 Å². The largest absolute Gasteiger partial charge is 0.495 e. The number of benzene rings is 2. The summed E-state index contributed by atoms with van der Waals surface area (Å²) in [7, 11) is 1.58. The Morgan fingerprint density at radius 3 is 2.41 bits per heavy atom. The fraction of sp³-hybridized carbons (Fsp3) is 0.263. The second-order valence-electron chi connectivity index (χ2n) is 5.70. The summed E-state index contributed by atoms with van der Waals surface area (Å²) in [4.78, 5) is 23.5. The summed E-state index contributed by atoms with van der Waals surface area (Å²) >= 11 is 5.99. The molecule has 1 unspecified atom stereocenters. The van der Waals surface area contributed by atoms with E-state index in [2.05, 4.69) is 16.0 Å². The molecule has 27 heavy (non-hydrogen) atoms. The highest BCUT2D eigenvalue weighted by molar-refractivity contribution is 6.33. The van der Waals surface area contributed by atoms with Crippen LogP contribution in [0.2, 0.25) is 5.02 Å². The molecule has 0 aliphatic carbocycles. The van der Waals surface area contributed by atoms with Gasteiger partial charge in [-0.2, -0.15) is 0 Å². The first-order chi connectivity index (χ1) is 13.0. The summed E-state index contributed by atoms with van der Waals surface area (Å²) < 4.78 is 5.24. The van der Waals surface area contributed by atoms with E-state index >= 15 is 0 Å². The van der Waals surface area contributed by atoms with Crippen LogP contribution in [0.1, 0.15) is 6.42 Å². The van der Waals surface area contributed by atoms with E-state index in [1.54, 1.807) is 31.4 Å². The molecule has 0 heterocycles. The Bertz CT molecular complexity index is 785. The van der Waals surface area contributed by atoms with Gasteiger partial charge in [0.2, 0.25) is 5.91 Å². The lowest BCUT2D eigenvalue weighted by Crippen LogP contribution is -2.41. The maximum absolute atomic E-state index is 12.1. The van der Waals surface area contributed by atoms with Crippen LogP contribution in [-0.4, -0.2) is 43.2 Å². The molecule has 0 bridgehead atoms. The summed E-state index contributed by atoms with van der Waals surface area (Å²) in [5, 5.41) is 18.4. The number of halogens is 1. The molecule has 1 amide bonds. The van der Waals surface area contributed by atoms with Crippen LogP contribution in [0, 0.1) is 0 Å². The molecule has 7 nitrogen and oxygen atoms in total.